The summed E-state index contributed by atoms with van der Waals surface area (Å²) < 4.78 is 12.7. The fourth-order valence-corrected chi connectivity index (χ4v) is 2.58. The van der Waals surface area contributed by atoms with Crippen molar-refractivity contribution in [3.8, 4) is 0 Å². The van der Waals surface area contributed by atoms with Gasteiger partial charge in [-0.2, -0.15) is 0 Å². The highest BCUT2D eigenvalue weighted by atomic mass is 19.1. The third-order valence-corrected chi connectivity index (χ3v) is 4.06. The molecule has 0 aliphatic heterocycles. The SMILES string of the molecule is CC(C)C(NC(=O)c1nc2ccccc2[nH]1)C(=O)NC(CC(=O)O)C(=O)CF. The van der Waals surface area contributed by atoms with E-state index in [4.69, 9.17) is 5.11 Å². The number of carbonyl (C=O) groups is 4. The molecule has 10 heteroatoms. The third kappa shape index (κ3) is 5.12. The number of para-hydroxylation sites is 2. The Balaban J connectivity index is 2.14. The van der Waals surface area contributed by atoms with Gasteiger partial charge in [-0.05, 0) is 18.1 Å². The Bertz CT molecular complexity index is 862. The van der Waals surface area contributed by atoms with Crippen molar-refractivity contribution in [1.29, 1.82) is 0 Å². The van der Waals surface area contributed by atoms with Crippen LogP contribution in [0.2, 0.25) is 0 Å². The van der Waals surface area contributed by atoms with Crippen molar-refractivity contribution in [3.05, 3.63) is 30.1 Å². The number of alkyl halides is 1. The zero-order valence-electron chi connectivity index (χ0n) is 15.4. The van der Waals surface area contributed by atoms with E-state index in [1.54, 1.807) is 38.1 Å². The number of aromatic amines is 1. The highest BCUT2D eigenvalue weighted by Gasteiger charge is 2.30. The van der Waals surface area contributed by atoms with E-state index in [1.165, 1.54) is 0 Å². The van der Waals surface area contributed by atoms with Crippen molar-refractivity contribution in [3.63, 3.8) is 0 Å². The summed E-state index contributed by atoms with van der Waals surface area (Å²) in [5, 5.41) is 13.6. The summed E-state index contributed by atoms with van der Waals surface area (Å²) in [6.07, 6.45) is -0.753. The molecule has 0 bridgehead atoms. The number of aromatic nitrogens is 2. The van der Waals surface area contributed by atoms with Gasteiger partial charge in [0, 0.05) is 0 Å². The predicted molar refractivity (Wildman–Crippen MR) is 97.4 cm³/mol. The van der Waals surface area contributed by atoms with E-state index in [0.717, 1.165) is 0 Å². The number of carbonyl (C=O) groups excluding carboxylic acids is 3. The van der Waals surface area contributed by atoms with Gasteiger partial charge in [0.1, 0.15) is 18.8 Å². The van der Waals surface area contributed by atoms with E-state index in [-0.39, 0.29) is 11.7 Å². The molecule has 0 aliphatic carbocycles. The molecule has 0 saturated carbocycles. The molecule has 1 aromatic carbocycles. The molecule has 0 radical (unpaired) electrons. The van der Waals surface area contributed by atoms with Crippen LogP contribution >= 0.6 is 0 Å². The summed E-state index contributed by atoms with van der Waals surface area (Å²) >= 11 is 0. The number of Topliss-reactive ketones (excluding diaryl/α,β-unsaturated/α-hetero) is 1. The molecular weight excluding hydrogens is 371 g/mol. The molecule has 1 aromatic heterocycles. The van der Waals surface area contributed by atoms with Gasteiger partial charge in [-0.15, -0.1) is 0 Å². The minimum atomic E-state index is -1.51. The van der Waals surface area contributed by atoms with Gasteiger partial charge in [0.25, 0.3) is 5.91 Å². The second-order valence-corrected chi connectivity index (χ2v) is 6.56. The molecule has 0 fully saturated rings. The minimum absolute atomic E-state index is 0.00145. The highest BCUT2D eigenvalue weighted by Crippen LogP contribution is 2.11. The lowest BCUT2D eigenvalue weighted by atomic mass is 10.0. The maximum absolute atomic E-state index is 12.7. The van der Waals surface area contributed by atoms with E-state index < -0.39 is 48.7 Å². The zero-order valence-corrected chi connectivity index (χ0v) is 15.4. The number of rotatable bonds is 9. The monoisotopic (exact) mass is 392 g/mol. The number of H-pyrrole nitrogens is 1. The number of hydrogen-bond acceptors (Lipinski definition) is 5. The molecule has 150 valence electrons. The number of nitrogens with zero attached hydrogens (tertiary/aromatic N) is 1. The maximum Gasteiger partial charge on any atom is 0.305 e. The summed E-state index contributed by atoms with van der Waals surface area (Å²) in [4.78, 5) is 54.4. The lowest BCUT2D eigenvalue weighted by molar-refractivity contribution is -0.140. The molecule has 2 unspecified atom stereocenters. The number of aliphatic carboxylic acids is 1. The van der Waals surface area contributed by atoms with Crippen LogP contribution in [0.25, 0.3) is 11.0 Å². The molecule has 9 nitrogen and oxygen atoms in total. The van der Waals surface area contributed by atoms with Crippen LogP contribution < -0.4 is 10.6 Å². The van der Waals surface area contributed by atoms with E-state index in [1.807, 2.05) is 0 Å². The molecule has 0 aliphatic rings. The van der Waals surface area contributed by atoms with Gasteiger partial charge < -0.3 is 20.7 Å². The second-order valence-electron chi connectivity index (χ2n) is 6.56. The molecule has 2 atom stereocenters. The Labute approximate surface area is 159 Å². The molecule has 0 saturated heterocycles. The van der Waals surface area contributed by atoms with Crippen LogP contribution in [0, 0.1) is 5.92 Å². The third-order valence-electron chi connectivity index (χ3n) is 4.06. The smallest absolute Gasteiger partial charge is 0.305 e. The molecule has 1 heterocycles. The Morgan fingerprint density at radius 3 is 2.43 bits per heavy atom. The van der Waals surface area contributed by atoms with Crippen LogP contribution in [0.1, 0.15) is 30.9 Å². The number of halogens is 1. The molecule has 0 spiro atoms. The average molecular weight is 392 g/mol. The molecule has 2 amide bonds. The summed E-state index contributed by atoms with van der Waals surface area (Å²) in [6.45, 7) is 1.91. The Morgan fingerprint density at radius 2 is 1.86 bits per heavy atom. The van der Waals surface area contributed by atoms with Gasteiger partial charge in [-0.25, -0.2) is 9.37 Å². The van der Waals surface area contributed by atoms with Crippen molar-refractivity contribution >= 4 is 34.6 Å². The van der Waals surface area contributed by atoms with Crippen LogP contribution in [0.4, 0.5) is 4.39 Å². The summed E-state index contributed by atoms with van der Waals surface area (Å²) in [5.41, 5.74) is 1.22. The number of carboxylic acids is 1. The lowest BCUT2D eigenvalue weighted by Gasteiger charge is -2.23. The van der Waals surface area contributed by atoms with Gasteiger partial charge >= 0.3 is 5.97 Å². The number of hydrogen-bond donors (Lipinski definition) is 4. The quantitative estimate of drug-likeness (QED) is 0.498. The first kappa shape index (κ1) is 21.0. The lowest BCUT2D eigenvalue weighted by Crippen LogP contribution is -2.54. The van der Waals surface area contributed by atoms with Crippen molar-refractivity contribution in [2.75, 3.05) is 6.67 Å². The number of nitrogens with one attached hydrogen (secondary N) is 3. The van der Waals surface area contributed by atoms with Gasteiger partial charge in [0.15, 0.2) is 11.6 Å². The number of ketones is 1. The van der Waals surface area contributed by atoms with E-state index in [9.17, 15) is 23.6 Å². The minimum Gasteiger partial charge on any atom is -0.481 e. The van der Waals surface area contributed by atoms with Crippen LogP contribution in [-0.4, -0.2) is 57.4 Å². The highest BCUT2D eigenvalue weighted by molar-refractivity contribution is 5.99. The number of fused-ring (bicyclic) bond motifs is 1. The Kier molecular flexibility index (Phi) is 6.80. The van der Waals surface area contributed by atoms with E-state index in [2.05, 4.69) is 20.6 Å². The normalized spacial score (nSPS) is 13.1. The van der Waals surface area contributed by atoms with Gasteiger partial charge in [0.05, 0.1) is 17.5 Å². The molecule has 28 heavy (non-hydrogen) atoms. The molecular formula is C18H21FN4O5. The maximum atomic E-state index is 12.7. The summed E-state index contributed by atoms with van der Waals surface area (Å²) in [5.74, 6) is -4.23. The first-order chi connectivity index (χ1) is 13.2. The van der Waals surface area contributed by atoms with Crippen LogP contribution in [-0.2, 0) is 14.4 Å². The van der Waals surface area contributed by atoms with Gasteiger partial charge in [0.2, 0.25) is 5.91 Å². The number of carboxylic acid groups (broad SMARTS) is 1. The Hall–Kier alpha value is -3.30. The topological polar surface area (TPSA) is 141 Å². The fourth-order valence-electron chi connectivity index (χ4n) is 2.58. The molecule has 2 rings (SSSR count). The Morgan fingerprint density at radius 1 is 1.18 bits per heavy atom. The summed E-state index contributed by atoms with van der Waals surface area (Å²) in [7, 11) is 0. The van der Waals surface area contributed by atoms with Crippen molar-refractivity contribution in [2.24, 2.45) is 5.92 Å². The van der Waals surface area contributed by atoms with Crippen LogP contribution in [0.3, 0.4) is 0 Å². The molecule has 4 N–H and O–H groups in total. The number of benzene rings is 1. The second kappa shape index (κ2) is 9.07. The van der Waals surface area contributed by atoms with Crippen molar-refractivity contribution < 1.29 is 28.7 Å². The molecule has 2 aromatic rings. The van der Waals surface area contributed by atoms with E-state index >= 15 is 0 Å². The van der Waals surface area contributed by atoms with E-state index in [0.29, 0.717) is 11.0 Å². The fraction of sp³-hybridized carbons (Fsp3) is 0.389. The van der Waals surface area contributed by atoms with Crippen molar-refractivity contribution in [1.82, 2.24) is 20.6 Å². The average Bonchev–Trinajstić information content (AvgIpc) is 3.08. The summed E-state index contributed by atoms with van der Waals surface area (Å²) in [6, 6.07) is 4.40. The number of imidazole rings is 1. The van der Waals surface area contributed by atoms with Gasteiger partial charge in [-0.3, -0.25) is 19.2 Å². The predicted octanol–water partition coefficient (Wildman–Crippen LogP) is 0.815. The first-order valence-electron chi connectivity index (χ1n) is 8.59. The first-order valence-corrected chi connectivity index (χ1v) is 8.59. The number of amides is 2. The zero-order chi connectivity index (χ0) is 20.8. The largest absolute Gasteiger partial charge is 0.481 e. The van der Waals surface area contributed by atoms with Crippen molar-refractivity contribution in [2.45, 2.75) is 32.4 Å². The van der Waals surface area contributed by atoms with Crippen LogP contribution in [0.15, 0.2) is 24.3 Å². The van der Waals surface area contributed by atoms with Gasteiger partial charge in [-0.1, -0.05) is 26.0 Å². The van der Waals surface area contributed by atoms with Crippen LogP contribution in [0.5, 0.6) is 0 Å². The standard InChI is InChI=1S/C18H21FN4O5/c1-9(2)15(17(27)22-12(7-14(25)26)13(24)8-19)23-18(28)16-20-10-5-3-4-6-11(10)21-16/h3-6,9,12,15H,7-8H2,1-2H3,(H,20,21)(H,22,27)(H,23,28)(H,25,26).